The summed E-state index contributed by atoms with van der Waals surface area (Å²) < 4.78 is 0. The van der Waals surface area contributed by atoms with Crippen LogP contribution in [0.1, 0.15) is 18.2 Å². The molecule has 63 valence electrons. The Kier molecular flexibility index (Phi) is 3.26. The van der Waals surface area contributed by atoms with E-state index in [0.29, 0.717) is 12.3 Å². The van der Waals surface area contributed by atoms with E-state index in [9.17, 15) is 0 Å². The number of hydrogen-bond donors (Lipinski definition) is 0. The van der Waals surface area contributed by atoms with Crippen molar-refractivity contribution in [3.05, 3.63) is 29.6 Å². The summed E-state index contributed by atoms with van der Waals surface area (Å²) in [7, 11) is 0. The van der Waals surface area contributed by atoms with Crippen LogP contribution in [-0.4, -0.2) is 17.8 Å². The highest BCUT2D eigenvalue weighted by molar-refractivity contribution is 5.76. The smallest absolute Gasteiger partial charge is 0.159 e. The predicted octanol–water partition coefficient (Wildman–Crippen LogP) is 1.64. The molecular formula is C9H11N2O. The second-order valence-corrected chi connectivity index (χ2v) is 2.34. The molecule has 0 aliphatic carbocycles. The van der Waals surface area contributed by atoms with Crippen molar-refractivity contribution in [3.63, 3.8) is 0 Å². The maximum atomic E-state index is 4.74. The number of pyridine rings is 1. The summed E-state index contributed by atoms with van der Waals surface area (Å²) in [6.45, 7) is 4.41. The SMILES string of the molecule is CCO/N=[C]/c1ccc(C)cn1. The zero-order valence-corrected chi connectivity index (χ0v) is 7.24. The first-order valence-corrected chi connectivity index (χ1v) is 3.83. The van der Waals surface area contributed by atoms with E-state index in [1.807, 2.05) is 26.0 Å². The molecule has 0 bridgehead atoms. The minimum atomic E-state index is 0.554. The Hall–Kier alpha value is -1.38. The van der Waals surface area contributed by atoms with Crippen LogP contribution in [0.4, 0.5) is 0 Å². The average molecular weight is 163 g/mol. The summed E-state index contributed by atoms with van der Waals surface area (Å²) in [6.07, 6.45) is 4.43. The van der Waals surface area contributed by atoms with Gasteiger partial charge in [0, 0.05) is 6.20 Å². The zero-order chi connectivity index (χ0) is 8.81. The maximum absolute atomic E-state index is 4.74. The number of aromatic nitrogens is 1. The molecule has 0 N–H and O–H groups in total. The third-order valence-electron chi connectivity index (χ3n) is 1.27. The molecule has 0 aliphatic rings. The zero-order valence-electron chi connectivity index (χ0n) is 7.24. The Balaban J connectivity index is 2.58. The Morgan fingerprint density at radius 3 is 3.00 bits per heavy atom. The fourth-order valence-corrected chi connectivity index (χ4v) is 0.678. The van der Waals surface area contributed by atoms with E-state index in [0.717, 1.165) is 5.56 Å². The summed E-state index contributed by atoms with van der Waals surface area (Å²) in [5.74, 6) is 0. The van der Waals surface area contributed by atoms with Gasteiger partial charge in [0.2, 0.25) is 0 Å². The van der Waals surface area contributed by atoms with Crippen molar-refractivity contribution < 1.29 is 4.84 Å². The number of nitrogens with zero attached hydrogens (tertiary/aromatic N) is 2. The molecule has 1 rings (SSSR count). The van der Waals surface area contributed by atoms with Crippen LogP contribution < -0.4 is 0 Å². The van der Waals surface area contributed by atoms with Gasteiger partial charge in [-0.3, -0.25) is 4.98 Å². The summed E-state index contributed by atoms with van der Waals surface area (Å²) in [4.78, 5) is 8.81. The van der Waals surface area contributed by atoms with E-state index in [4.69, 9.17) is 4.84 Å². The lowest BCUT2D eigenvalue weighted by molar-refractivity contribution is 0.160. The topological polar surface area (TPSA) is 34.5 Å². The highest BCUT2D eigenvalue weighted by atomic mass is 16.6. The molecule has 0 unspecified atom stereocenters. The van der Waals surface area contributed by atoms with Crippen LogP contribution >= 0.6 is 0 Å². The summed E-state index contributed by atoms with van der Waals surface area (Å²) in [5.41, 5.74) is 1.81. The lowest BCUT2D eigenvalue weighted by Crippen LogP contribution is -1.88. The Labute approximate surface area is 72.1 Å². The van der Waals surface area contributed by atoms with Crippen LogP contribution in [0.25, 0.3) is 0 Å². The number of rotatable bonds is 3. The summed E-state index contributed by atoms with van der Waals surface area (Å²) in [5, 5.41) is 3.58. The monoisotopic (exact) mass is 163 g/mol. The molecule has 1 aromatic heterocycles. The highest BCUT2D eigenvalue weighted by Gasteiger charge is 1.88. The van der Waals surface area contributed by atoms with Crippen molar-refractivity contribution in [2.24, 2.45) is 5.16 Å². The van der Waals surface area contributed by atoms with Gasteiger partial charge in [0.25, 0.3) is 0 Å². The van der Waals surface area contributed by atoms with Crippen molar-refractivity contribution in [3.8, 4) is 0 Å². The number of aryl methyl sites for hydroxylation is 1. The molecule has 0 aliphatic heterocycles. The van der Waals surface area contributed by atoms with Crippen molar-refractivity contribution in [1.82, 2.24) is 4.98 Å². The minimum Gasteiger partial charge on any atom is -0.396 e. The normalized spacial score (nSPS) is 10.5. The fourth-order valence-electron chi connectivity index (χ4n) is 0.678. The molecule has 0 fully saturated rings. The van der Waals surface area contributed by atoms with E-state index < -0.39 is 0 Å². The Bertz CT molecular complexity index is 254. The third kappa shape index (κ3) is 2.70. The lowest BCUT2D eigenvalue weighted by atomic mass is 10.3. The molecule has 1 aromatic rings. The minimum absolute atomic E-state index is 0.554. The van der Waals surface area contributed by atoms with Crippen LogP contribution in [0, 0.1) is 6.92 Å². The van der Waals surface area contributed by atoms with Gasteiger partial charge in [-0.25, -0.2) is 0 Å². The molecule has 1 heterocycles. The summed E-state index contributed by atoms with van der Waals surface area (Å²) in [6, 6.07) is 3.80. The van der Waals surface area contributed by atoms with E-state index in [1.54, 1.807) is 6.20 Å². The van der Waals surface area contributed by atoms with Gasteiger partial charge in [0.15, 0.2) is 6.21 Å². The van der Waals surface area contributed by atoms with Gasteiger partial charge in [0.05, 0.1) is 5.69 Å². The van der Waals surface area contributed by atoms with Crippen LogP contribution in [-0.2, 0) is 4.84 Å². The molecule has 0 amide bonds. The highest BCUT2D eigenvalue weighted by Crippen LogP contribution is 1.95. The first-order chi connectivity index (χ1) is 5.83. The van der Waals surface area contributed by atoms with Gasteiger partial charge in [-0.1, -0.05) is 11.2 Å². The third-order valence-corrected chi connectivity index (χ3v) is 1.27. The van der Waals surface area contributed by atoms with Gasteiger partial charge in [-0.15, -0.1) is 0 Å². The maximum Gasteiger partial charge on any atom is 0.159 e. The molecule has 1 radical (unpaired) electrons. The van der Waals surface area contributed by atoms with Crippen molar-refractivity contribution in [1.29, 1.82) is 0 Å². The van der Waals surface area contributed by atoms with Gasteiger partial charge in [-0.2, -0.15) is 0 Å². The molecule has 12 heavy (non-hydrogen) atoms. The van der Waals surface area contributed by atoms with Crippen LogP contribution in [0.5, 0.6) is 0 Å². The van der Waals surface area contributed by atoms with Crippen LogP contribution in [0.15, 0.2) is 23.5 Å². The van der Waals surface area contributed by atoms with E-state index in [2.05, 4.69) is 16.4 Å². The standard InChI is InChI=1S/C9H11N2O/c1-3-12-11-7-9-5-4-8(2)6-10-9/h4-6H,3H2,1-2H3. The Morgan fingerprint density at radius 1 is 1.58 bits per heavy atom. The molecule has 3 nitrogen and oxygen atoms in total. The van der Waals surface area contributed by atoms with Crippen LogP contribution in [0.3, 0.4) is 0 Å². The molecule has 0 saturated heterocycles. The van der Waals surface area contributed by atoms with Gasteiger partial charge in [-0.05, 0) is 25.5 Å². The molecular weight excluding hydrogens is 152 g/mol. The van der Waals surface area contributed by atoms with E-state index in [-0.39, 0.29) is 0 Å². The molecule has 3 heteroatoms. The van der Waals surface area contributed by atoms with Gasteiger partial charge < -0.3 is 4.84 Å². The van der Waals surface area contributed by atoms with Crippen molar-refractivity contribution >= 4 is 6.21 Å². The first-order valence-electron chi connectivity index (χ1n) is 3.83. The van der Waals surface area contributed by atoms with Gasteiger partial charge >= 0.3 is 0 Å². The van der Waals surface area contributed by atoms with E-state index in [1.165, 1.54) is 0 Å². The summed E-state index contributed by atoms with van der Waals surface area (Å²) >= 11 is 0. The average Bonchev–Trinajstić information content (AvgIpc) is 2.09. The Morgan fingerprint density at radius 2 is 2.42 bits per heavy atom. The number of hydrogen-bond acceptors (Lipinski definition) is 3. The molecule has 0 atom stereocenters. The molecule has 0 saturated carbocycles. The quantitative estimate of drug-likeness (QED) is 0.501. The fraction of sp³-hybridized carbons (Fsp3) is 0.333. The lowest BCUT2D eigenvalue weighted by Gasteiger charge is -1.92. The molecule has 0 aromatic carbocycles. The second-order valence-electron chi connectivity index (χ2n) is 2.34. The largest absolute Gasteiger partial charge is 0.396 e. The van der Waals surface area contributed by atoms with Gasteiger partial charge in [0.1, 0.15) is 6.61 Å². The predicted molar refractivity (Wildman–Crippen MR) is 47.1 cm³/mol. The van der Waals surface area contributed by atoms with Crippen molar-refractivity contribution in [2.75, 3.05) is 6.61 Å². The first kappa shape index (κ1) is 8.71. The molecule has 0 spiro atoms. The van der Waals surface area contributed by atoms with Crippen molar-refractivity contribution in [2.45, 2.75) is 13.8 Å². The van der Waals surface area contributed by atoms with Crippen LogP contribution in [0.2, 0.25) is 0 Å². The van der Waals surface area contributed by atoms with E-state index >= 15 is 0 Å². The second kappa shape index (κ2) is 4.49.